The zero-order chi connectivity index (χ0) is 23.0. The van der Waals surface area contributed by atoms with E-state index < -0.39 is 0 Å². The fourth-order valence-corrected chi connectivity index (χ4v) is 5.32. The molecule has 2 saturated heterocycles. The Labute approximate surface area is 196 Å². The normalized spacial score (nSPS) is 23.1. The first-order valence-electron chi connectivity index (χ1n) is 10.5. The van der Waals surface area contributed by atoms with Gasteiger partial charge in [-0.2, -0.15) is 0 Å². The van der Waals surface area contributed by atoms with E-state index in [1.54, 1.807) is 19.4 Å². The Hall–Kier alpha value is -2.27. The number of aromatic nitrogens is 2. The first-order valence-corrected chi connectivity index (χ1v) is 11.7. The van der Waals surface area contributed by atoms with Gasteiger partial charge in [-0.05, 0) is 38.5 Å². The molecule has 4 rings (SSSR count). The monoisotopic (exact) mass is 474 g/mol. The molecule has 2 aliphatic rings. The third-order valence-electron chi connectivity index (χ3n) is 5.45. The SMILES string of the molecule is COCCN1C(=O)/C(=C\c2c(N3CC(C)OC(C)C3)nc3c(C)cccn3c2=O)SC1=S. The second kappa shape index (κ2) is 9.30. The van der Waals surface area contributed by atoms with Crippen molar-refractivity contribution in [2.75, 3.05) is 38.3 Å². The summed E-state index contributed by atoms with van der Waals surface area (Å²) in [6.45, 7) is 7.90. The maximum absolute atomic E-state index is 13.6. The van der Waals surface area contributed by atoms with Crippen LogP contribution in [0.5, 0.6) is 0 Å². The molecule has 0 aromatic carbocycles. The van der Waals surface area contributed by atoms with E-state index in [1.165, 1.54) is 21.1 Å². The van der Waals surface area contributed by atoms with Gasteiger partial charge >= 0.3 is 0 Å². The van der Waals surface area contributed by atoms with Crippen LogP contribution < -0.4 is 10.5 Å². The summed E-state index contributed by atoms with van der Waals surface area (Å²) < 4.78 is 12.9. The molecule has 0 saturated carbocycles. The molecule has 0 spiro atoms. The number of amides is 1. The van der Waals surface area contributed by atoms with E-state index in [0.29, 0.717) is 52.5 Å². The van der Waals surface area contributed by atoms with Crippen molar-refractivity contribution < 1.29 is 14.3 Å². The number of ether oxygens (including phenoxy) is 2. The maximum atomic E-state index is 13.6. The molecule has 2 aromatic rings. The van der Waals surface area contributed by atoms with Crippen LogP contribution in [0.1, 0.15) is 25.0 Å². The lowest BCUT2D eigenvalue weighted by atomic mass is 10.1. The van der Waals surface area contributed by atoms with Crippen LogP contribution in [0.3, 0.4) is 0 Å². The molecular weight excluding hydrogens is 448 g/mol. The molecule has 8 nitrogen and oxygen atoms in total. The van der Waals surface area contributed by atoms with Crippen LogP contribution in [0.15, 0.2) is 28.0 Å². The van der Waals surface area contributed by atoms with Gasteiger partial charge in [0.05, 0.1) is 35.8 Å². The van der Waals surface area contributed by atoms with Crippen molar-refractivity contribution in [3.8, 4) is 0 Å². The maximum Gasteiger partial charge on any atom is 0.267 e. The molecule has 2 aliphatic heterocycles. The summed E-state index contributed by atoms with van der Waals surface area (Å²) in [4.78, 5) is 35.4. The molecule has 2 fully saturated rings. The smallest absolute Gasteiger partial charge is 0.267 e. The quantitative estimate of drug-likeness (QED) is 0.483. The van der Waals surface area contributed by atoms with Gasteiger partial charge in [0, 0.05) is 26.4 Å². The summed E-state index contributed by atoms with van der Waals surface area (Å²) in [5.41, 5.74) is 1.66. The van der Waals surface area contributed by atoms with Crippen molar-refractivity contribution in [1.29, 1.82) is 0 Å². The van der Waals surface area contributed by atoms with Crippen molar-refractivity contribution in [2.24, 2.45) is 0 Å². The average molecular weight is 475 g/mol. The average Bonchev–Trinajstić information content (AvgIpc) is 3.00. The number of anilines is 1. The summed E-state index contributed by atoms with van der Waals surface area (Å²) in [6.07, 6.45) is 3.33. The lowest BCUT2D eigenvalue weighted by Crippen LogP contribution is -2.46. The van der Waals surface area contributed by atoms with E-state index >= 15 is 0 Å². The Morgan fingerprint density at radius 3 is 2.72 bits per heavy atom. The lowest BCUT2D eigenvalue weighted by molar-refractivity contribution is -0.122. The van der Waals surface area contributed by atoms with Crippen LogP contribution in [0.25, 0.3) is 11.7 Å². The van der Waals surface area contributed by atoms with E-state index in [0.717, 1.165) is 5.56 Å². The molecule has 1 amide bonds. The first kappa shape index (κ1) is 22.9. The Morgan fingerprint density at radius 2 is 2.03 bits per heavy atom. The van der Waals surface area contributed by atoms with E-state index in [2.05, 4.69) is 4.90 Å². The Kier molecular flexibility index (Phi) is 6.66. The summed E-state index contributed by atoms with van der Waals surface area (Å²) in [5, 5.41) is 0. The highest BCUT2D eigenvalue weighted by Crippen LogP contribution is 2.33. The number of morpholine rings is 1. The molecule has 32 heavy (non-hydrogen) atoms. The third kappa shape index (κ3) is 4.32. The highest BCUT2D eigenvalue weighted by Gasteiger charge is 2.33. The number of aryl methyl sites for hydroxylation is 1. The minimum Gasteiger partial charge on any atom is -0.383 e. The highest BCUT2D eigenvalue weighted by atomic mass is 32.2. The molecule has 0 bridgehead atoms. The van der Waals surface area contributed by atoms with Gasteiger partial charge in [0.1, 0.15) is 15.8 Å². The van der Waals surface area contributed by atoms with Crippen LogP contribution >= 0.6 is 24.0 Å². The highest BCUT2D eigenvalue weighted by molar-refractivity contribution is 8.26. The number of hydrogen-bond acceptors (Lipinski definition) is 8. The number of thiocarbonyl (C=S) groups is 1. The van der Waals surface area contributed by atoms with Crippen molar-refractivity contribution in [3.05, 3.63) is 44.7 Å². The Bertz CT molecular complexity index is 1150. The van der Waals surface area contributed by atoms with Crippen molar-refractivity contribution >= 4 is 51.7 Å². The molecule has 2 aromatic heterocycles. The minimum absolute atomic E-state index is 0.00373. The molecule has 2 unspecified atom stereocenters. The number of hydrogen-bond donors (Lipinski definition) is 0. The molecule has 4 heterocycles. The predicted octanol–water partition coefficient (Wildman–Crippen LogP) is 2.46. The van der Waals surface area contributed by atoms with Crippen molar-refractivity contribution in [1.82, 2.24) is 14.3 Å². The molecule has 10 heteroatoms. The number of nitrogens with zero attached hydrogens (tertiary/aromatic N) is 4. The fraction of sp³-hybridized carbons (Fsp3) is 0.455. The number of rotatable bonds is 5. The van der Waals surface area contributed by atoms with E-state index in [1.807, 2.05) is 32.9 Å². The number of carbonyl (C=O) groups excluding carboxylic acids is 1. The van der Waals surface area contributed by atoms with Crippen LogP contribution in [0, 0.1) is 6.92 Å². The number of fused-ring (bicyclic) bond motifs is 1. The Morgan fingerprint density at radius 1 is 1.31 bits per heavy atom. The zero-order valence-electron chi connectivity index (χ0n) is 18.5. The lowest BCUT2D eigenvalue weighted by Gasteiger charge is -2.36. The molecule has 170 valence electrons. The van der Waals surface area contributed by atoms with E-state index in [9.17, 15) is 9.59 Å². The molecule has 0 aliphatic carbocycles. The van der Waals surface area contributed by atoms with Gasteiger partial charge in [-0.1, -0.05) is 30.0 Å². The Balaban J connectivity index is 1.85. The minimum atomic E-state index is -0.222. The van der Waals surface area contributed by atoms with Crippen LogP contribution in [0.4, 0.5) is 5.82 Å². The number of methoxy groups -OCH3 is 1. The largest absolute Gasteiger partial charge is 0.383 e. The zero-order valence-corrected chi connectivity index (χ0v) is 20.2. The number of thioether (sulfide) groups is 1. The topological polar surface area (TPSA) is 76.4 Å². The summed E-state index contributed by atoms with van der Waals surface area (Å²) in [7, 11) is 1.58. The van der Waals surface area contributed by atoms with Gasteiger partial charge in [0.15, 0.2) is 0 Å². The summed E-state index contributed by atoms with van der Waals surface area (Å²) in [6, 6.07) is 3.74. The van der Waals surface area contributed by atoms with E-state index in [4.69, 9.17) is 26.7 Å². The van der Waals surface area contributed by atoms with Gasteiger partial charge in [-0.15, -0.1) is 0 Å². The van der Waals surface area contributed by atoms with Crippen LogP contribution in [-0.2, 0) is 14.3 Å². The first-order chi connectivity index (χ1) is 15.3. The van der Waals surface area contributed by atoms with Crippen LogP contribution in [0.2, 0.25) is 0 Å². The van der Waals surface area contributed by atoms with Gasteiger partial charge in [-0.3, -0.25) is 18.9 Å². The second-order valence-corrected chi connectivity index (χ2v) is 9.70. The molecule has 0 N–H and O–H groups in total. The fourth-order valence-electron chi connectivity index (χ4n) is 4.03. The predicted molar refractivity (Wildman–Crippen MR) is 130 cm³/mol. The standard InChI is InChI=1S/C22H26N4O4S2/c1-13-6-5-7-25-18(13)23-19(24-11-14(2)30-15(3)12-24)16(20(25)27)10-17-21(28)26(8-9-29-4)22(31)32-17/h5-7,10,14-15H,8-9,11-12H2,1-4H3/b17-10+. The van der Waals surface area contributed by atoms with Gasteiger partial charge in [0.2, 0.25) is 0 Å². The van der Waals surface area contributed by atoms with E-state index in [-0.39, 0.29) is 23.7 Å². The van der Waals surface area contributed by atoms with Gasteiger partial charge < -0.3 is 14.4 Å². The molecule has 2 atom stereocenters. The van der Waals surface area contributed by atoms with Crippen LogP contribution in [-0.4, -0.2) is 70.1 Å². The van der Waals surface area contributed by atoms with Crippen molar-refractivity contribution in [2.45, 2.75) is 33.0 Å². The van der Waals surface area contributed by atoms with Crippen molar-refractivity contribution in [3.63, 3.8) is 0 Å². The summed E-state index contributed by atoms with van der Waals surface area (Å²) in [5.74, 6) is 0.342. The summed E-state index contributed by atoms with van der Waals surface area (Å²) >= 11 is 6.58. The van der Waals surface area contributed by atoms with Gasteiger partial charge in [0.25, 0.3) is 11.5 Å². The third-order valence-corrected chi connectivity index (χ3v) is 6.83. The molecular formula is C22H26N4O4S2. The number of carbonyl (C=O) groups is 1. The molecule has 0 radical (unpaired) electrons. The van der Waals surface area contributed by atoms with Gasteiger partial charge in [-0.25, -0.2) is 4.98 Å². The second-order valence-electron chi connectivity index (χ2n) is 8.03. The number of pyridine rings is 1.